The average Bonchev–Trinajstić information content (AvgIpc) is 2.95. The molecule has 0 radical (unpaired) electrons. The van der Waals surface area contributed by atoms with Gasteiger partial charge in [0.15, 0.2) is 0 Å². The first-order valence-corrected chi connectivity index (χ1v) is 16.4. The maximum atomic E-state index is 10.9. The van der Waals surface area contributed by atoms with E-state index in [1.807, 2.05) is 24.3 Å². The molecule has 0 aliphatic heterocycles. The molecule has 3 rings (SSSR count). The van der Waals surface area contributed by atoms with Crippen molar-refractivity contribution in [1.29, 1.82) is 0 Å². The van der Waals surface area contributed by atoms with Crippen LogP contribution in [0.3, 0.4) is 0 Å². The fraction of sp³-hybridized carbons (Fsp3) is 0.639. The fourth-order valence-corrected chi connectivity index (χ4v) is 6.94. The second kappa shape index (κ2) is 17.4. The van der Waals surface area contributed by atoms with Gasteiger partial charge in [0, 0.05) is 11.8 Å². The predicted octanol–water partition coefficient (Wildman–Crippen LogP) is 9.40. The van der Waals surface area contributed by atoms with Crippen molar-refractivity contribution in [2.24, 2.45) is 5.73 Å². The molecule has 0 saturated heterocycles. The summed E-state index contributed by atoms with van der Waals surface area (Å²) in [6, 6.07) is 12.3. The minimum atomic E-state index is -0.187. The van der Waals surface area contributed by atoms with Crippen molar-refractivity contribution in [3.63, 3.8) is 0 Å². The van der Waals surface area contributed by atoms with Gasteiger partial charge in [-0.3, -0.25) is 4.79 Å². The van der Waals surface area contributed by atoms with Crippen LogP contribution in [-0.4, -0.2) is 16.1 Å². The van der Waals surface area contributed by atoms with Crippen LogP contribution in [0.1, 0.15) is 151 Å². The monoisotopic (exact) mass is 549 g/mol. The molecule has 4 N–H and O–H groups in total. The second-order valence-corrected chi connectivity index (χ2v) is 12.3. The highest BCUT2D eigenvalue weighted by Crippen LogP contribution is 2.47. The molecule has 0 fully saturated rings. The van der Waals surface area contributed by atoms with Gasteiger partial charge >= 0.3 is 0 Å². The van der Waals surface area contributed by atoms with Crippen molar-refractivity contribution in [2.75, 3.05) is 0 Å². The third-order valence-electron chi connectivity index (χ3n) is 9.08. The van der Waals surface area contributed by atoms with Gasteiger partial charge in [-0.15, -0.1) is 0 Å². The number of aryl methyl sites for hydroxylation is 2. The Hall–Kier alpha value is -2.49. The van der Waals surface area contributed by atoms with Crippen molar-refractivity contribution in [2.45, 2.75) is 147 Å². The normalized spacial score (nSPS) is 15.1. The zero-order valence-corrected chi connectivity index (χ0v) is 25.2. The van der Waals surface area contributed by atoms with Gasteiger partial charge in [-0.25, -0.2) is 0 Å². The molecule has 4 heteroatoms. The summed E-state index contributed by atoms with van der Waals surface area (Å²) >= 11 is 0. The summed E-state index contributed by atoms with van der Waals surface area (Å²) in [6.07, 6.45) is 23.7. The molecular formula is C36H55NO3. The van der Waals surface area contributed by atoms with Gasteiger partial charge in [-0.1, -0.05) is 103 Å². The number of aromatic hydroxyl groups is 2. The Morgan fingerprint density at radius 3 is 1.60 bits per heavy atom. The van der Waals surface area contributed by atoms with Gasteiger partial charge in [0.25, 0.3) is 0 Å². The lowest BCUT2D eigenvalue weighted by molar-refractivity contribution is -0.118. The Labute approximate surface area is 243 Å². The van der Waals surface area contributed by atoms with E-state index in [0.717, 1.165) is 51.4 Å². The van der Waals surface area contributed by atoms with Crippen LogP contribution >= 0.6 is 0 Å². The van der Waals surface area contributed by atoms with E-state index in [4.69, 9.17) is 5.73 Å². The number of unbranched alkanes of at least 4 members (excludes halogenated alkanes) is 10. The number of hydrogen-bond acceptors (Lipinski definition) is 3. The molecule has 40 heavy (non-hydrogen) atoms. The van der Waals surface area contributed by atoms with E-state index >= 15 is 0 Å². The molecule has 1 aliphatic carbocycles. The summed E-state index contributed by atoms with van der Waals surface area (Å²) in [6.45, 7) is 2.27. The van der Waals surface area contributed by atoms with Gasteiger partial charge in [0.1, 0.15) is 11.5 Å². The van der Waals surface area contributed by atoms with Crippen molar-refractivity contribution in [3.05, 3.63) is 58.7 Å². The molecular weight excluding hydrogens is 494 g/mol. The van der Waals surface area contributed by atoms with Crippen LogP contribution in [-0.2, 0) is 23.1 Å². The third-order valence-corrected chi connectivity index (χ3v) is 9.08. The summed E-state index contributed by atoms with van der Waals surface area (Å²) in [5, 5.41) is 21.0. The lowest BCUT2D eigenvalue weighted by Gasteiger charge is -2.39. The Kier molecular flexibility index (Phi) is 13.9. The van der Waals surface area contributed by atoms with Crippen LogP contribution in [0.15, 0.2) is 36.4 Å². The number of rotatable bonds is 16. The number of amides is 1. The van der Waals surface area contributed by atoms with Crippen molar-refractivity contribution in [1.82, 2.24) is 0 Å². The highest BCUT2D eigenvalue weighted by Gasteiger charge is 2.37. The van der Waals surface area contributed by atoms with Crippen molar-refractivity contribution in [3.8, 4) is 11.5 Å². The number of fused-ring (bicyclic) bond motifs is 2. The zero-order chi connectivity index (χ0) is 28.6. The Morgan fingerprint density at radius 2 is 1.12 bits per heavy atom. The van der Waals surface area contributed by atoms with E-state index in [0.29, 0.717) is 17.9 Å². The number of phenolic OH excluding ortho intramolecular Hbond substituents is 2. The number of nitrogens with two attached hydrogens (primary N) is 1. The first kappa shape index (κ1) is 32.0. The highest BCUT2D eigenvalue weighted by atomic mass is 16.3. The molecule has 0 heterocycles. The van der Waals surface area contributed by atoms with Crippen LogP contribution in [0.5, 0.6) is 11.5 Å². The molecule has 2 aromatic carbocycles. The third kappa shape index (κ3) is 9.85. The lowest BCUT2D eigenvalue weighted by Crippen LogP contribution is -2.31. The van der Waals surface area contributed by atoms with Gasteiger partial charge in [-0.2, -0.15) is 0 Å². The minimum Gasteiger partial charge on any atom is -0.508 e. The highest BCUT2D eigenvalue weighted by molar-refractivity contribution is 5.73. The second-order valence-electron chi connectivity index (χ2n) is 12.3. The summed E-state index contributed by atoms with van der Waals surface area (Å²) in [5.74, 6) is 0.555. The smallest absolute Gasteiger partial charge is 0.217 e. The lowest BCUT2D eigenvalue weighted by atomic mass is 9.64. The molecule has 2 aromatic rings. The largest absolute Gasteiger partial charge is 0.508 e. The van der Waals surface area contributed by atoms with E-state index in [9.17, 15) is 15.0 Å². The van der Waals surface area contributed by atoms with Crippen LogP contribution in [0.25, 0.3) is 0 Å². The summed E-state index contributed by atoms with van der Waals surface area (Å²) in [5.41, 5.74) is 10.6. The first-order chi connectivity index (χ1) is 19.5. The zero-order valence-electron chi connectivity index (χ0n) is 25.2. The predicted molar refractivity (Wildman–Crippen MR) is 167 cm³/mol. The SMILES string of the molecule is CCCCCCC1(CCCCCCCCCCC(N)=O)c2ccc(O)cc2CCCCCCc2cc(O)ccc21. The van der Waals surface area contributed by atoms with Crippen LogP contribution in [0.4, 0.5) is 0 Å². The number of benzene rings is 2. The average molecular weight is 550 g/mol. The number of phenols is 2. The maximum Gasteiger partial charge on any atom is 0.217 e. The fourth-order valence-electron chi connectivity index (χ4n) is 6.94. The Morgan fingerprint density at radius 1 is 0.675 bits per heavy atom. The Balaban J connectivity index is 1.86. The summed E-state index contributed by atoms with van der Waals surface area (Å²) in [4.78, 5) is 10.9. The van der Waals surface area contributed by atoms with E-state index in [2.05, 4.69) is 19.1 Å². The molecule has 4 nitrogen and oxygen atoms in total. The minimum absolute atomic E-state index is 0.0983. The maximum absolute atomic E-state index is 10.9. The standard InChI is InChI=1S/C36H55NO3/c1-2-3-4-16-25-36(26-17-12-8-6-5-7-9-15-20-35(37)40)33-23-21-31(38)27-29(33)18-13-10-11-14-19-30-28-32(39)22-24-34(30)36/h21-24,27-28,38-39H,2-20,25-26H2,1H3,(H2,37,40). The van der Waals surface area contributed by atoms with Crippen molar-refractivity contribution >= 4 is 5.91 Å². The number of carbonyl (C=O) groups excluding carboxylic acids is 1. The van der Waals surface area contributed by atoms with Gasteiger partial charge in [0.05, 0.1) is 0 Å². The van der Waals surface area contributed by atoms with E-state index in [1.165, 1.54) is 99.3 Å². The quantitative estimate of drug-likeness (QED) is 0.182. The molecule has 222 valence electrons. The summed E-state index contributed by atoms with van der Waals surface area (Å²) in [7, 11) is 0. The molecule has 0 saturated carbocycles. The van der Waals surface area contributed by atoms with Crippen LogP contribution < -0.4 is 5.73 Å². The molecule has 0 atom stereocenters. The van der Waals surface area contributed by atoms with E-state index < -0.39 is 0 Å². The van der Waals surface area contributed by atoms with Crippen molar-refractivity contribution < 1.29 is 15.0 Å². The summed E-state index contributed by atoms with van der Waals surface area (Å²) < 4.78 is 0. The van der Waals surface area contributed by atoms with Crippen LogP contribution in [0.2, 0.25) is 0 Å². The van der Waals surface area contributed by atoms with Gasteiger partial charge in [-0.05, 0) is 91.5 Å². The molecule has 0 aromatic heterocycles. The molecule has 0 spiro atoms. The molecule has 0 bridgehead atoms. The van der Waals surface area contributed by atoms with E-state index in [-0.39, 0.29) is 11.3 Å². The molecule has 0 unspecified atom stereocenters. The van der Waals surface area contributed by atoms with Crippen LogP contribution in [0, 0.1) is 0 Å². The topological polar surface area (TPSA) is 83.6 Å². The number of primary amides is 1. The number of hydrogen-bond donors (Lipinski definition) is 3. The molecule has 1 aliphatic rings. The Bertz CT molecular complexity index is 973. The number of carbonyl (C=O) groups is 1. The molecule has 1 amide bonds. The first-order valence-electron chi connectivity index (χ1n) is 16.4. The van der Waals surface area contributed by atoms with Gasteiger partial charge in [0.2, 0.25) is 5.91 Å². The van der Waals surface area contributed by atoms with Gasteiger partial charge < -0.3 is 15.9 Å². The van der Waals surface area contributed by atoms with E-state index in [1.54, 1.807) is 0 Å².